The number of aromatic nitrogens is 1. The molecule has 0 bridgehead atoms. The van der Waals surface area contributed by atoms with Gasteiger partial charge in [-0.05, 0) is 43.7 Å². The lowest BCUT2D eigenvalue weighted by Crippen LogP contribution is -2.29. The molecule has 0 unspecified atom stereocenters. The molecule has 1 aliphatic heterocycles. The van der Waals surface area contributed by atoms with Crippen molar-refractivity contribution in [3.05, 3.63) is 87.7 Å². The average molecular weight is 466 g/mol. The molecular weight excluding hydrogens is 447 g/mol. The molecular formula is C24H19FN2O5S. The van der Waals surface area contributed by atoms with Crippen molar-refractivity contribution in [2.45, 2.75) is 19.9 Å². The van der Waals surface area contributed by atoms with Crippen molar-refractivity contribution in [2.24, 2.45) is 0 Å². The Morgan fingerprint density at radius 3 is 2.45 bits per heavy atom. The van der Waals surface area contributed by atoms with Crippen LogP contribution in [0, 0.1) is 12.7 Å². The molecule has 0 saturated carbocycles. The number of aryl methyl sites for hydroxylation is 1. The lowest BCUT2D eigenvalue weighted by Gasteiger charge is -2.22. The van der Waals surface area contributed by atoms with Crippen LogP contribution in [0.5, 0.6) is 0 Å². The van der Waals surface area contributed by atoms with E-state index in [9.17, 15) is 23.9 Å². The number of hydrogen-bond donors (Lipinski definition) is 1. The van der Waals surface area contributed by atoms with Crippen LogP contribution in [-0.4, -0.2) is 34.4 Å². The minimum atomic E-state index is -0.989. The molecule has 4 rings (SSSR count). The van der Waals surface area contributed by atoms with E-state index in [1.54, 1.807) is 44.2 Å². The van der Waals surface area contributed by atoms with Crippen LogP contribution in [-0.2, 0) is 14.3 Å². The Labute approximate surface area is 192 Å². The normalized spacial score (nSPS) is 17.4. The zero-order valence-electron chi connectivity index (χ0n) is 17.7. The molecule has 9 heteroatoms. The number of ketones is 1. The molecule has 1 amide bonds. The molecule has 0 spiro atoms. The molecule has 3 aromatic rings. The third-order valence-corrected chi connectivity index (χ3v) is 6.27. The number of aliphatic hydroxyl groups is 1. The Morgan fingerprint density at radius 1 is 1.15 bits per heavy atom. The van der Waals surface area contributed by atoms with Gasteiger partial charge in [-0.1, -0.05) is 41.7 Å². The summed E-state index contributed by atoms with van der Waals surface area (Å²) in [5.74, 6) is -3.30. The van der Waals surface area contributed by atoms with E-state index in [-0.39, 0.29) is 27.8 Å². The summed E-state index contributed by atoms with van der Waals surface area (Å²) in [5, 5.41) is 11.1. The highest BCUT2D eigenvalue weighted by atomic mass is 32.1. The van der Waals surface area contributed by atoms with Crippen LogP contribution in [0.2, 0.25) is 0 Å². The average Bonchev–Trinajstić information content (AvgIpc) is 3.31. The van der Waals surface area contributed by atoms with Gasteiger partial charge in [0, 0.05) is 5.56 Å². The van der Waals surface area contributed by atoms with Crippen LogP contribution in [0.4, 0.5) is 9.52 Å². The number of Topliss-reactive ketones (excluding diaryl/α,β-unsaturated/α-hetero) is 1. The molecule has 1 saturated heterocycles. The van der Waals surface area contributed by atoms with Gasteiger partial charge in [0.25, 0.3) is 5.78 Å². The number of amides is 1. The molecule has 33 heavy (non-hydrogen) atoms. The van der Waals surface area contributed by atoms with Crippen LogP contribution in [0.25, 0.3) is 5.76 Å². The van der Waals surface area contributed by atoms with E-state index >= 15 is 0 Å². The highest BCUT2D eigenvalue weighted by molar-refractivity contribution is 7.17. The predicted octanol–water partition coefficient (Wildman–Crippen LogP) is 4.39. The first-order valence-electron chi connectivity index (χ1n) is 10.1. The zero-order valence-corrected chi connectivity index (χ0v) is 18.6. The number of carbonyl (C=O) groups excluding carboxylic acids is 3. The third-order valence-electron chi connectivity index (χ3n) is 5.13. The van der Waals surface area contributed by atoms with E-state index < -0.39 is 35.3 Å². The fraction of sp³-hybridized carbons (Fsp3) is 0.167. The number of hydrogen-bond acceptors (Lipinski definition) is 7. The Morgan fingerprint density at radius 2 is 1.82 bits per heavy atom. The number of esters is 1. The van der Waals surface area contributed by atoms with E-state index in [0.717, 1.165) is 23.5 Å². The quantitative estimate of drug-likeness (QED) is 0.259. The summed E-state index contributed by atoms with van der Waals surface area (Å²) in [6.07, 6.45) is 0. The summed E-state index contributed by atoms with van der Waals surface area (Å²) in [7, 11) is 0. The molecule has 2 heterocycles. The number of aliphatic hydroxyl groups excluding tert-OH is 1. The van der Waals surface area contributed by atoms with Gasteiger partial charge in [-0.15, -0.1) is 0 Å². The standard InChI is InChI=1S/C24H19FN2O5S/c1-3-32-23(31)21-13(2)26-24(33-21)27-18(14-7-5-4-6-8-14)17(20(29)22(27)30)19(28)15-9-11-16(25)12-10-15/h4-12,18,28H,3H2,1-2H3/b19-17+/t18-/m0/s1. The van der Waals surface area contributed by atoms with Crippen molar-refractivity contribution < 1.29 is 28.6 Å². The van der Waals surface area contributed by atoms with E-state index in [1.807, 2.05) is 0 Å². The molecule has 0 aliphatic carbocycles. The summed E-state index contributed by atoms with van der Waals surface area (Å²) in [6, 6.07) is 12.7. The summed E-state index contributed by atoms with van der Waals surface area (Å²) in [4.78, 5) is 44.2. The second kappa shape index (κ2) is 8.95. The monoisotopic (exact) mass is 466 g/mol. The fourth-order valence-electron chi connectivity index (χ4n) is 3.62. The topological polar surface area (TPSA) is 96.8 Å². The maximum Gasteiger partial charge on any atom is 0.350 e. The summed E-state index contributed by atoms with van der Waals surface area (Å²) in [5.41, 5.74) is 0.966. The molecule has 0 radical (unpaired) electrons. The maximum absolute atomic E-state index is 13.4. The minimum Gasteiger partial charge on any atom is -0.507 e. The maximum atomic E-state index is 13.4. The van der Waals surface area contributed by atoms with Gasteiger partial charge in [0.05, 0.1) is 23.9 Å². The third kappa shape index (κ3) is 4.03. The minimum absolute atomic E-state index is 0.129. The van der Waals surface area contributed by atoms with Crippen molar-refractivity contribution in [2.75, 3.05) is 11.5 Å². The second-order valence-electron chi connectivity index (χ2n) is 7.22. The molecule has 1 fully saturated rings. The number of halogens is 1. The van der Waals surface area contributed by atoms with Crippen molar-refractivity contribution >= 4 is 39.9 Å². The van der Waals surface area contributed by atoms with E-state index in [2.05, 4.69) is 4.98 Å². The first-order valence-corrected chi connectivity index (χ1v) is 10.9. The molecule has 1 N–H and O–H groups in total. The van der Waals surface area contributed by atoms with Gasteiger partial charge < -0.3 is 9.84 Å². The van der Waals surface area contributed by atoms with Crippen LogP contribution < -0.4 is 4.90 Å². The molecule has 2 aromatic carbocycles. The first kappa shape index (κ1) is 22.3. The SMILES string of the molecule is CCOC(=O)c1sc(N2C(=O)C(=O)/C(=C(/O)c3ccc(F)cc3)[C@@H]2c2ccccc2)nc1C. The summed E-state index contributed by atoms with van der Waals surface area (Å²) < 4.78 is 18.4. The van der Waals surface area contributed by atoms with Crippen molar-refractivity contribution in [1.82, 2.24) is 4.98 Å². The van der Waals surface area contributed by atoms with Crippen molar-refractivity contribution in [3.8, 4) is 0 Å². The van der Waals surface area contributed by atoms with Crippen LogP contribution in [0.15, 0.2) is 60.2 Å². The predicted molar refractivity (Wildman–Crippen MR) is 120 cm³/mol. The van der Waals surface area contributed by atoms with Gasteiger partial charge in [0.15, 0.2) is 5.13 Å². The van der Waals surface area contributed by atoms with Crippen LogP contribution in [0.1, 0.15) is 39.5 Å². The Balaban J connectivity index is 1.89. The van der Waals surface area contributed by atoms with E-state index in [0.29, 0.717) is 11.3 Å². The van der Waals surface area contributed by atoms with Gasteiger partial charge >= 0.3 is 11.9 Å². The number of nitrogens with zero attached hydrogens (tertiary/aromatic N) is 2. The second-order valence-corrected chi connectivity index (χ2v) is 8.20. The number of carbonyl (C=O) groups is 3. The van der Waals surface area contributed by atoms with Crippen LogP contribution >= 0.6 is 11.3 Å². The fourth-order valence-corrected chi connectivity index (χ4v) is 4.60. The smallest absolute Gasteiger partial charge is 0.350 e. The molecule has 1 atom stereocenters. The molecule has 1 aromatic heterocycles. The number of rotatable bonds is 5. The highest BCUT2D eigenvalue weighted by Gasteiger charge is 2.48. The highest BCUT2D eigenvalue weighted by Crippen LogP contribution is 2.43. The van der Waals surface area contributed by atoms with Gasteiger partial charge in [-0.25, -0.2) is 14.2 Å². The lowest BCUT2D eigenvalue weighted by atomic mass is 9.95. The summed E-state index contributed by atoms with van der Waals surface area (Å²) in [6.45, 7) is 3.47. The Kier molecular flexibility index (Phi) is 6.06. The van der Waals surface area contributed by atoms with Crippen molar-refractivity contribution in [3.63, 3.8) is 0 Å². The number of ether oxygens (including phenoxy) is 1. The van der Waals surface area contributed by atoms with Gasteiger partial charge in [0.2, 0.25) is 0 Å². The largest absolute Gasteiger partial charge is 0.507 e. The number of thiazole rings is 1. The molecule has 168 valence electrons. The van der Waals surface area contributed by atoms with Gasteiger partial charge in [-0.3, -0.25) is 14.5 Å². The Hall–Kier alpha value is -3.85. The number of benzene rings is 2. The molecule has 7 nitrogen and oxygen atoms in total. The van der Waals surface area contributed by atoms with E-state index in [4.69, 9.17) is 4.74 Å². The Bertz CT molecular complexity index is 1270. The van der Waals surface area contributed by atoms with E-state index in [1.165, 1.54) is 17.0 Å². The van der Waals surface area contributed by atoms with Gasteiger partial charge in [0.1, 0.15) is 16.5 Å². The number of anilines is 1. The zero-order chi connectivity index (χ0) is 23.7. The van der Waals surface area contributed by atoms with Crippen LogP contribution in [0.3, 0.4) is 0 Å². The first-order chi connectivity index (χ1) is 15.8. The van der Waals surface area contributed by atoms with Crippen molar-refractivity contribution in [1.29, 1.82) is 0 Å². The lowest BCUT2D eigenvalue weighted by molar-refractivity contribution is -0.132. The summed E-state index contributed by atoms with van der Waals surface area (Å²) >= 11 is 0.934. The molecule has 1 aliphatic rings. The van der Waals surface area contributed by atoms with Gasteiger partial charge in [-0.2, -0.15) is 0 Å².